The van der Waals surface area contributed by atoms with Crippen LogP contribution in [0.15, 0.2) is 41.0 Å². The number of allylic oxidation sites excluding steroid dienone is 2. The SMILES string of the molecule is FC(F)(F)C1=CC=NCN1c1ccc(Cc2nn[nH]n2)cc1. The number of aliphatic imine (C=N–C) groups is 1. The Morgan fingerprint density at radius 3 is 2.59 bits per heavy atom. The second-order valence-electron chi connectivity index (χ2n) is 4.62. The lowest BCUT2D eigenvalue weighted by molar-refractivity contribution is -0.0933. The Morgan fingerprint density at radius 2 is 1.95 bits per heavy atom. The third-order valence-electron chi connectivity index (χ3n) is 3.14. The Kier molecular flexibility index (Phi) is 3.61. The Bertz CT molecular complexity index is 688. The third kappa shape index (κ3) is 2.97. The van der Waals surface area contributed by atoms with E-state index in [1.54, 1.807) is 24.3 Å². The highest BCUT2D eigenvalue weighted by molar-refractivity contribution is 5.76. The Hall–Kier alpha value is -2.71. The second kappa shape index (κ2) is 5.58. The average molecular weight is 308 g/mol. The van der Waals surface area contributed by atoms with Crippen LogP contribution in [0.2, 0.25) is 0 Å². The minimum atomic E-state index is -4.42. The molecular weight excluding hydrogens is 297 g/mol. The standard InChI is InChI=1S/C13H11F3N6/c14-13(15,16)11-5-6-17-8-22(11)10-3-1-9(2-4-10)7-12-18-20-21-19-12/h1-6H,7-8H2,(H,18,19,20,21). The van der Waals surface area contributed by atoms with Crippen molar-refractivity contribution in [2.24, 2.45) is 4.99 Å². The number of H-pyrrole nitrogens is 1. The highest BCUT2D eigenvalue weighted by Gasteiger charge is 2.38. The first kappa shape index (κ1) is 14.2. The molecule has 3 rings (SSSR count). The van der Waals surface area contributed by atoms with Crippen molar-refractivity contribution in [2.45, 2.75) is 12.6 Å². The minimum Gasteiger partial charge on any atom is -0.317 e. The summed E-state index contributed by atoms with van der Waals surface area (Å²) in [4.78, 5) is 5.00. The van der Waals surface area contributed by atoms with Gasteiger partial charge in [-0.05, 0) is 23.8 Å². The van der Waals surface area contributed by atoms with Crippen LogP contribution in [0, 0.1) is 0 Å². The molecule has 6 nitrogen and oxygen atoms in total. The van der Waals surface area contributed by atoms with E-state index in [1.165, 1.54) is 6.21 Å². The number of nitrogens with zero attached hydrogens (tertiary/aromatic N) is 5. The molecule has 0 amide bonds. The molecule has 1 aromatic carbocycles. The highest BCUT2D eigenvalue weighted by atomic mass is 19.4. The van der Waals surface area contributed by atoms with Gasteiger partial charge in [0.15, 0.2) is 5.82 Å². The van der Waals surface area contributed by atoms with Crippen molar-refractivity contribution in [1.82, 2.24) is 20.6 Å². The molecule has 9 heteroatoms. The van der Waals surface area contributed by atoms with Crippen LogP contribution in [0.3, 0.4) is 0 Å². The fourth-order valence-corrected chi connectivity index (χ4v) is 2.12. The molecule has 0 fully saturated rings. The van der Waals surface area contributed by atoms with Gasteiger partial charge in [0.25, 0.3) is 0 Å². The molecule has 2 aromatic rings. The third-order valence-corrected chi connectivity index (χ3v) is 3.14. The summed E-state index contributed by atoms with van der Waals surface area (Å²) in [5.41, 5.74) is 0.578. The van der Waals surface area contributed by atoms with Crippen molar-refractivity contribution >= 4 is 11.9 Å². The number of aromatic nitrogens is 4. The van der Waals surface area contributed by atoms with Crippen LogP contribution in [0.5, 0.6) is 0 Å². The average Bonchev–Trinajstić information content (AvgIpc) is 3.00. The molecule has 1 aliphatic rings. The predicted molar refractivity (Wildman–Crippen MR) is 73.4 cm³/mol. The second-order valence-corrected chi connectivity index (χ2v) is 4.62. The van der Waals surface area contributed by atoms with E-state index in [9.17, 15) is 13.2 Å². The summed E-state index contributed by atoms with van der Waals surface area (Å²) < 4.78 is 39.0. The predicted octanol–water partition coefficient (Wildman–Crippen LogP) is 2.08. The smallest absolute Gasteiger partial charge is 0.317 e. The molecular formula is C13H11F3N6. The Morgan fingerprint density at radius 1 is 1.18 bits per heavy atom. The molecule has 114 valence electrons. The van der Waals surface area contributed by atoms with Crippen molar-refractivity contribution in [3.05, 3.63) is 47.4 Å². The summed E-state index contributed by atoms with van der Waals surface area (Å²) in [6.45, 7) is -0.0600. The minimum absolute atomic E-state index is 0.0600. The molecule has 1 aromatic heterocycles. The molecule has 1 aliphatic heterocycles. The lowest BCUT2D eigenvalue weighted by Crippen LogP contribution is -2.34. The summed E-state index contributed by atoms with van der Waals surface area (Å²) in [5, 5.41) is 13.5. The van der Waals surface area contributed by atoms with Crippen LogP contribution in [-0.4, -0.2) is 39.7 Å². The number of hydrogen-bond donors (Lipinski definition) is 1. The number of tetrazole rings is 1. The number of alkyl halides is 3. The molecule has 22 heavy (non-hydrogen) atoms. The van der Waals surface area contributed by atoms with Gasteiger partial charge in [-0.25, -0.2) is 0 Å². The van der Waals surface area contributed by atoms with E-state index in [0.717, 1.165) is 16.5 Å². The molecule has 0 saturated heterocycles. The fourth-order valence-electron chi connectivity index (χ4n) is 2.12. The topological polar surface area (TPSA) is 70.1 Å². The molecule has 0 unspecified atom stereocenters. The molecule has 0 aliphatic carbocycles. The Balaban J connectivity index is 1.80. The van der Waals surface area contributed by atoms with Crippen LogP contribution in [0.25, 0.3) is 0 Å². The quantitative estimate of drug-likeness (QED) is 0.942. The van der Waals surface area contributed by atoms with E-state index in [2.05, 4.69) is 25.6 Å². The van der Waals surface area contributed by atoms with Gasteiger partial charge in [-0.3, -0.25) is 4.99 Å². The van der Waals surface area contributed by atoms with Gasteiger partial charge in [-0.15, -0.1) is 10.2 Å². The van der Waals surface area contributed by atoms with Gasteiger partial charge in [-0.1, -0.05) is 17.3 Å². The zero-order chi connectivity index (χ0) is 15.6. The van der Waals surface area contributed by atoms with Crippen molar-refractivity contribution in [2.75, 3.05) is 11.6 Å². The van der Waals surface area contributed by atoms with Gasteiger partial charge < -0.3 is 4.90 Å². The summed E-state index contributed by atoms with van der Waals surface area (Å²) in [6.07, 6.45) is -1.83. The molecule has 0 bridgehead atoms. The van der Waals surface area contributed by atoms with Crippen molar-refractivity contribution in [3.8, 4) is 0 Å². The maximum Gasteiger partial charge on any atom is 0.431 e. The van der Waals surface area contributed by atoms with Crippen LogP contribution in [0.4, 0.5) is 18.9 Å². The number of anilines is 1. The van der Waals surface area contributed by atoms with Crippen molar-refractivity contribution in [1.29, 1.82) is 0 Å². The highest BCUT2D eigenvalue weighted by Crippen LogP contribution is 2.33. The molecule has 2 heterocycles. The van der Waals surface area contributed by atoms with E-state index in [0.29, 0.717) is 17.9 Å². The molecule has 0 radical (unpaired) electrons. The van der Waals surface area contributed by atoms with E-state index < -0.39 is 11.9 Å². The number of aromatic amines is 1. The van der Waals surface area contributed by atoms with Gasteiger partial charge in [0.05, 0.1) is 0 Å². The molecule has 0 saturated carbocycles. The van der Waals surface area contributed by atoms with E-state index in [1.807, 2.05) is 0 Å². The molecule has 0 atom stereocenters. The maximum atomic E-state index is 13.0. The lowest BCUT2D eigenvalue weighted by atomic mass is 10.1. The van der Waals surface area contributed by atoms with Gasteiger partial charge in [0, 0.05) is 18.3 Å². The lowest BCUT2D eigenvalue weighted by Gasteiger charge is -2.28. The maximum absolute atomic E-state index is 13.0. The monoisotopic (exact) mass is 308 g/mol. The number of halogens is 3. The Labute approximate surface area is 123 Å². The number of benzene rings is 1. The van der Waals surface area contributed by atoms with Crippen LogP contribution < -0.4 is 4.90 Å². The summed E-state index contributed by atoms with van der Waals surface area (Å²) in [5.74, 6) is 0.520. The first-order valence-corrected chi connectivity index (χ1v) is 6.40. The van der Waals surface area contributed by atoms with Crippen LogP contribution in [-0.2, 0) is 6.42 Å². The number of hydrogen-bond acceptors (Lipinski definition) is 5. The summed E-state index contributed by atoms with van der Waals surface area (Å²) in [7, 11) is 0. The van der Waals surface area contributed by atoms with Gasteiger partial charge in [0.1, 0.15) is 12.4 Å². The molecule has 1 N–H and O–H groups in total. The van der Waals surface area contributed by atoms with E-state index in [-0.39, 0.29) is 6.67 Å². The van der Waals surface area contributed by atoms with Gasteiger partial charge in [0.2, 0.25) is 0 Å². The van der Waals surface area contributed by atoms with Gasteiger partial charge in [-0.2, -0.15) is 18.4 Å². The summed E-state index contributed by atoms with van der Waals surface area (Å²) in [6, 6.07) is 6.71. The van der Waals surface area contributed by atoms with Crippen molar-refractivity contribution < 1.29 is 13.2 Å². The van der Waals surface area contributed by atoms with E-state index >= 15 is 0 Å². The first-order valence-electron chi connectivity index (χ1n) is 6.40. The van der Waals surface area contributed by atoms with Crippen LogP contribution >= 0.6 is 0 Å². The molecule has 0 spiro atoms. The summed E-state index contributed by atoms with van der Waals surface area (Å²) >= 11 is 0. The van der Waals surface area contributed by atoms with E-state index in [4.69, 9.17) is 0 Å². The normalized spacial score (nSPS) is 15.0. The first-order chi connectivity index (χ1) is 10.5. The number of rotatable bonds is 3. The van der Waals surface area contributed by atoms with Crippen molar-refractivity contribution in [3.63, 3.8) is 0 Å². The van der Waals surface area contributed by atoms with Gasteiger partial charge >= 0.3 is 6.18 Å². The van der Waals surface area contributed by atoms with Crippen LogP contribution in [0.1, 0.15) is 11.4 Å². The number of nitrogens with one attached hydrogen (secondary N) is 1. The zero-order valence-corrected chi connectivity index (χ0v) is 11.2. The fraction of sp³-hybridized carbons (Fsp3) is 0.231. The largest absolute Gasteiger partial charge is 0.431 e. The zero-order valence-electron chi connectivity index (χ0n) is 11.2.